The maximum absolute atomic E-state index is 13.5. The van der Waals surface area contributed by atoms with Crippen molar-refractivity contribution in [2.75, 3.05) is 22.5 Å². The molecule has 1 aromatic carbocycles. The van der Waals surface area contributed by atoms with Crippen LogP contribution in [0.1, 0.15) is 24.0 Å². The Labute approximate surface area is 171 Å². The molecule has 1 fully saturated rings. The van der Waals surface area contributed by atoms with Crippen LogP contribution in [0.2, 0.25) is 0 Å². The van der Waals surface area contributed by atoms with E-state index < -0.39 is 11.7 Å². The van der Waals surface area contributed by atoms with E-state index in [-0.39, 0.29) is 24.1 Å². The molecular weight excluding hydrogens is 395 g/mol. The van der Waals surface area contributed by atoms with Crippen molar-refractivity contribution in [1.82, 2.24) is 9.97 Å². The van der Waals surface area contributed by atoms with Gasteiger partial charge in [-0.3, -0.25) is 4.79 Å². The van der Waals surface area contributed by atoms with Crippen LogP contribution in [0.3, 0.4) is 0 Å². The summed E-state index contributed by atoms with van der Waals surface area (Å²) in [5, 5.41) is 8.60. The molecule has 1 aliphatic heterocycles. The third-order valence-corrected chi connectivity index (χ3v) is 6.03. The second-order valence-corrected chi connectivity index (χ2v) is 8.10. The number of carbonyl (C=O) groups excluding carboxylic acids is 1. The van der Waals surface area contributed by atoms with E-state index in [1.54, 1.807) is 18.2 Å². The van der Waals surface area contributed by atoms with Crippen LogP contribution in [0.15, 0.2) is 36.5 Å². The Morgan fingerprint density at radius 1 is 1.20 bits per heavy atom. The Bertz CT molecular complexity index is 1040. The van der Waals surface area contributed by atoms with Gasteiger partial charge in [0.15, 0.2) is 0 Å². The molecule has 1 saturated carbocycles. The average molecular weight is 415 g/mol. The molecule has 2 aliphatic carbocycles. The molecule has 30 heavy (non-hydrogen) atoms. The maximum Gasteiger partial charge on any atom is 0.421 e. The lowest BCUT2D eigenvalue weighted by atomic mass is 9.93. The minimum Gasteiger partial charge on any atom is -0.369 e. The van der Waals surface area contributed by atoms with Gasteiger partial charge in [-0.15, -0.1) is 0 Å². The molecule has 9 heteroatoms. The lowest BCUT2D eigenvalue weighted by molar-refractivity contribution is -0.137. The first-order valence-electron chi connectivity index (χ1n) is 9.91. The monoisotopic (exact) mass is 415 g/mol. The van der Waals surface area contributed by atoms with Crippen LogP contribution in [-0.4, -0.2) is 22.4 Å². The van der Waals surface area contributed by atoms with Gasteiger partial charge in [0.25, 0.3) is 0 Å². The Morgan fingerprint density at radius 2 is 2.07 bits per heavy atom. The predicted octanol–water partition coefficient (Wildman–Crippen LogP) is 4.36. The topological polar surface area (TPSA) is 78.9 Å². The number of aromatic nitrogens is 2. The lowest BCUT2D eigenvalue weighted by Gasteiger charge is -2.21. The normalized spacial score (nSPS) is 24.1. The highest BCUT2D eigenvalue weighted by Gasteiger charge is 2.38. The van der Waals surface area contributed by atoms with Gasteiger partial charge >= 0.3 is 6.18 Å². The molecule has 5 rings (SSSR count). The first-order chi connectivity index (χ1) is 14.3. The smallest absolute Gasteiger partial charge is 0.369 e. The number of fused-ring (bicyclic) bond motifs is 3. The summed E-state index contributed by atoms with van der Waals surface area (Å²) >= 11 is 0. The highest BCUT2D eigenvalue weighted by molar-refractivity contribution is 5.99. The van der Waals surface area contributed by atoms with E-state index in [9.17, 15) is 18.0 Å². The standard InChI is InChI=1S/C21H20F3N5O/c22-21(23,24)16-10-26-20(27-15-3-4-17-13(7-15)8-18(30)28-17)29-19(16)25-9-14-6-11-1-2-12(14)5-11/h1-4,7,10-12,14H,5-6,8-9H2,(H,28,30)(H2,25,26,27,29). The van der Waals surface area contributed by atoms with Crippen LogP contribution in [-0.2, 0) is 17.4 Å². The Hall–Kier alpha value is -3.10. The Kier molecular flexibility index (Phi) is 4.41. The number of nitrogens with one attached hydrogen (secondary N) is 3. The van der Waals surface area contributed by atoms with Crippen molar-refractivity contribution in [2.45, 2.75) is 25.4 Å². The molecule has 0 spiro atoms. The lowest BCUT2D eigenvalue weighted by Crippen LogP contribution is -2.21. The van der Waals surface area contributed by atoms with E-state index in [1.807, 2.05) is 0 Å². The molecule has 2 aromatic rings. The van der Waals surface area contributed by atoms with E-state index in [2.05, 4.69) is 38.1 Å². The third kappa shape index (κ3) is 3.59. The van der Waals surface area contributed by atoms with Crippen molar-refractivity contribution in [3.63, 3.8) is 0 Å². The summed E-state index contributed by atoms with van der Waals surface area (Å²) in [5.74, 6) is 1.05. The molecule has 156 valence electrons. The second-order valence-electron chi connectivity index (χ2n) is 8.10. The number of halogens is 3. The summed E-state index contributed by atoms with van der Waals surface area (Å²) < 4.78 is 40.4. The van der Waals surface area contributed by atoms with Gasteiger partial charge in [0.1, 0.15) is 11.4 Å². The van der Waals surface area contributed by atoms with Crippen LogP contribution < -0.4 is 16.0 Å². The summed E-state index contributed by atoms with van der Waals surface area (Å²) in [6, 6.07) is 5.23. The van der Waals surface area contributed by atoms with Gasteiger partial charge in [-0.25, -0.2) is 4.98 Å². The highest BCUT2D eigenvalue weighted by atomic mass is 19.4. The minimum absolute atomic E-state index is 0.0653. The number of amides is 1. The molecule has 3 atom stereocenters. The van der Waals surface area contributed by atoms with Crippen LogP contribution in [0.25, 0.3) is 0 Å². The van der Waals surface area contributed by atoms with E-state index in [0.717, 1.165) is 30.3 Å². The molecule has 1 amide bonds. The molecule has 3 aliphatic rings. The molecule has 2 bridgehead atoms. The van der Waals surface area contributed by atoms with Crippen LogP contribution in [0, 0.1) is 17.8 Å². The van der Waals surface area contributed by atoms with Crippen molar-refractivity contribution in [2.24, 2.45) is 17.8 Å². The van der Waals surface area contributed by atoms with Crippen molar-refractivity contribution < 1.29 is 18.0 Å². The zero-order valence-electron chi connectivity index (χ0n) is 16.0. The van der Waals surface area contributed by atoms with Gasteiger partial charge < -0.3 is 16.0 Å². The molecular formula is C21H20F3N5O. The fraction of sp³-hybridized carbons (Fsp3) is 0.381. The average Bonchev–Trinajstić information content (AvgIpc) is 3.40. The van der Waals surface area contributed by atoms with E-state index in [0.29, 0.717) is 30.0 Å². The summed E-state index contributed by atoms with van der Waals surface area (Å²) in [7, 11) is 0. The van der Waals surface area contributed by atoms with Crippen molar-refractivity contribution in [3.05, 3.63) is 47.7 Å². The Balaban J connectivity index is 1.36. The van der Waals surface area contributed by atoms with Gasteiger partial charge in [0.05, 0.1) is 6.42 Å². The SMILES string of the molecule is O=C1Cc2cc(Nc3ncc(C(F)(F)F)c(NCC4CC5C=CC4C5)n3)ccc2N1. The van der Waals surface area contributed by atoms with Crippen LogP contribution in [0.5, 0.6) is 0 Å². The molecule has 3 unspecified atom stereocenters. The number of nitrogens with zero attached hydrogens (tertiary/aromatic N) is 2. The molecule has 0 saturated heterocycles. The van der Waals surface area contributed by atoms with Gasteiger partial charge in [0.2, 0.25) is 11.9 Å². The summed E-state index contributed by atoms with van der Waals surface area (Å²) in [6.07, 6.45) is 2.98. The second kappa shape index (κ2) is 7.00. The molecule has 2 heterocycles. The van der Waals surface area contributed by atoms with Crippen LogP contribution >= 0.6 is 0 Å². The fourth-order valence-corrected chi connectivity index (χ4v) is 4.58. The summed E-state index contributed by atoms with van der Waals surface area (Å²) in [5.41, 5.74) is 1.28. The van der Waals surface area contributed by atoms with Crippen molar-refractivity contribution in [1.29, 1.82) is 0 Å². The highest BCUT2D eigenvalue weighted by Crippen LogP contribution is 2.43. The zero-order chi connectivity index (χ0) is 20.9. The summed E-state index contributed by atoms with van der Waals surface area (Å²) in [4.78, 5) is 19.5. The Morgan fingerprint density at radius 3 is 2.80 bits per heavy atom. The number of hydrogen-bond donors (Lipinski definition) is 3. The van der Waals surface area contributed by atoms with Crippen LogP contribution in [0.4, 0.5) is 36.3 Å². The number of benzene rings is 1. The predicted molar refractivity (Wildman–Crippen MR) is 106 cm³/mol. The van der Waals surface area contributed by atoms with E-state index >= 15 is 0 Å². The van der Waals surface area contributed by atoms with Gasteiger partial charge in [-0.05, 0) is 54.4 Å². The first kappa shape index (κ1) is 18.9. The molecule has 3 N–H and O–H groups in total. The van der Waals surface area contributed by atoms with Crippen molar-refractivity contribution >= 4 is 29.0 Å². The fourth-order valence-electron chi connectivity index (χ4n) is 4.58. The van der Waals surface area contributed by atoms with E-state index in [1.165, 1.54) is 0 Å². The van der Waals surface area contributed by atoms with Crippen molar-refractivity contribution in [3.8, 4) is 0 Å². The first-order valence-corrected chi connectivity index (χ1v) is 9.91. The largest absolute Gasteiger partial charge is 0.421 e. The number of carbonyl (C=O) groups is 1. The van der Waals surface area contributed by atoms with Gasteiger partial charge in [-0.2, -0.15) is 18.2 Å². The zero-order valence-corrected chi connectivity index (χ0v) is 16.0. The van der Waals surface area contributed by atoms with Gasteiger partial charge in [0, 0.05) is 24.1 Å². The number of rotatable bonds is 5. The number of alkyl halides is 3. The summed E-state index contributed by atoms with van der Waals surface area (Å²) in [6.45, 7) is 0.442. The molecule has 6 nitrogen and oxygen atoms in total. The number of anilines is 4. The molecule has 1 aromatic heterocycles. The maximum atomic E-state index is 13.5. The number of hydrogen-bond acceptors (Lipinski definition) is 5. The van der Waals surface area contributed by atoms with E-state index in [4.69, 9.17) is 0 Å². The number of allylic oxidation sites excluding steroid dienone is 2. The minimum atomic E-state index is -4.55. The quantitative estimate of drug-likeness (QED) is 0.633. The van der Waals surface area contributed by atoms with Gasteiger partial charge in [-0.1, -0.05) is 12.2 Å². The molecule has 0 radical (unpaired) electrons. The third-order valence-electron chi connectivity index (χ3n) is 6.03.